The molecular formula is C25H23N. The molecule has 0 fully saturated rings. The van der Waals surface area contributed by atoms with E-state index in [1.54, 1.807) is 0 Å². The van der Waals surface area contributed by atoms with E-state index in [9.17, 15) is 0 Å². The van der Waals surface area contributed by atoms with Crippen LogP contribution in [0.25, 0.3) is 11.1 Å². The van der Waals surface area contributed by atoms with E-state index in [1.807, 2.05) is 6.07 Å². The van der Waals surface area contributed by atoms with E-state index in [1.165, 1.54) is 16.7 Å². The molecule has 0 heterocycles. The second-order valence-electron chi connectivity index (χ2n) is 7.05. The van der Waals surface area contributed by atoms with Crippen LogP contribution >= 0.6 is 0 Å². The van der Waals surface area contributed by atoms with E-state index < -0.39 is 0 Å². The van der Waals surface area contributed by atoms with Gasteiger partial charge in [0.05, 0.1) is 0 Å². The van der Waals surface area contributed by atoms with Crippen molar-refractivity contribution >= 4 is 11.4 Å². The van der Waals surface area contributed by atoms with Crippen LogP contribution in [-0.4, -0.2) is 0 Å². The summed E-state index contributed by atoms with van der Waals surface area (Å²) in [6.45, 7) is 2.29. The minimum Gasteiger partial charge on any atom is -0.356 e. The van der Waals surface area contributed by atoms with Gasteiger partial charge in [-0.15, -0.1) is 0 Å². The minimum absolute atomic E-state index is 0.102. The Balaban J connectivity index is 1.48. The molecule has 0 saturated heterocycles. The molecule has 128 valence electrons. The standard InChI is InChI=1S/C25H23N/c1-25(18-6-3-7-19-25)22-12-16-24(17-13-22)26-23-14-10-21(11-15-23)20-8-4-2-5-9-20/h2-18,26H,19H2,1H3. The number of rotatable bonds is 4. The van der Waals surface area contributed by atoms with Gasteiger partial charge in [-0.3, -0.25) is 0 Å². The molecule has 26 heavy (non-hydrogen) atoms. The number of benzene rings is 3. The zero-order chi connectivity index (χ0) is 17.8. The Morgan fingerprint density at radius 3 is 1.92 bits per heavy atom. The lowest BCUT2D eigenvalue weighted by Crippen LogP contribution is -2.19. The molecule has 3 aromatic rings. The van der Waals surface area contributed by atoms with Crippen LogP contribution in [0.1, 0.15) is 18.9 Å². The highest BCUT2D eigenvalue weighted by atomic mass is 14.9. The Morgan fingerprint density at radius 1 is 0.692 bits per heavy atom. The summed E-state index contributed by atoms with van der Waals surface area (Å²) in [5.74, 6) is 0. The zero-order valence-corrected chi connectivity index (χ0v) is 15.0. The Labute approximate surface area is 155 Å². The number of nitrogens with one attached hydrogen (secondary N) is 1. The Kier molecular flexibility index (Phi) is 4.45. The maximum absolute atomic E-state index is 3.49. The zero-order valence-electron chi connectivity index (χ0n) is 15.0. The molecule has 1 N–H and O–H groups in total. The number of hydrogen-bond donors (Lipinski definition) is 1. The Hall–Kier alpha value is -3.06. The molecule has 3 aromatic carbocycles. The van der Waals surface area contributed by atoms with Crippen LogP contribution in [-0.2, 0) is 5.41 Å². The first-order valence-corrected chi connectivity index (χ1v) is 9.10. The minimum atomic E-state index is 0.102. The van der Waals surface area contributed by atoms with Crippen LogP contribution in [0.3, 0.4) is 0 Å². The van der Waals surface area contributed by atoms with Crippen molar-refractivity contribution in [2.24, 2.45) is 0 Å². The van der Waals surface area contributed by atoms with Gasteiger partial charge in [0.2, 0.25) is 0 Å². The molecule has 1 heteroatoms. The summed E-state index contributed by atoms with van der Waals surface area (Å²) in [6, 6.07) is 27.8. The molecule has 1 unspecified atom stereocenters. The monoisotopic (exact) mass is 337 g/mol. The van der Waals surface area contributed by atoms with Gasteiger partial charge in [0.1, 0.15) is 0 Å². The predicted molar refractivity (Wildman–Crippen MR) is 112 cm³/mol. The summed E-state index contributed by atoms with van der Waals surface area (Å²) in [6.07, 6.45) is 9.84. The number of anilines is 2. The van der Waals surface area contributed by atoms with E-state index in [0.29, 0.717) is 0 Å². The third-order valence-corrected chi connectivity index (χ3v) is 5.08. The quantitative estimate of drug-likeness (QED) is 0.547. The van der Waals surface area contributed by atoms with Gasteiger partial charge in [-0.1, -0.05) is 85.8 Å². The molecule has 1 nitrogen and oxygen atoms in total. The van der Waals surface area contributed by atoms with Gasteiger partial charge in [0.25, 0.3) is 0 Å². The van der Waals surface area contributed by atoms with E-state index in [2.05, 4.69) is 109 Å². The molecule has 0 spiro atoms. The van der Waals surface area contributed by atoms with E-state index in [-0.39, 0.29) is 5.41 Å². The van der Waals surface area contributed by atoms with E-state index in [0.717, 1.165) is 17.8 Å². The fourth-order valence-electron chi connectivity index (χ4n) is 3.42. The van der Waals surface area contributed by atoms with Crippen molar-refractivity contribution in [2.45, 2.75) is 18.8 Å². The summed E-state index contributed by atoms with van der Waals surface area (Å²) in [5.41, 5.74) is 6.14. The fraction of sp³-hybridized carbons (Fsp3) is 0.120. The van der Waals surface area contributed by atoms with Crippen LogP contribution in [0.5, 0.6) is 0 Å². The Morgan fingerprint density at radius 2 is 1.31 bits per heavy atom. The van der Waals surface area contributed by atoms with Crippen LogP contribution < -0.4 is 5.32 Å². The smallest absolute Gasteiger partial charge is 0.0384 e. The van der Waals surface area contributed by atoms with E-state index >= 15 is 0 Å². The van der Waals surface area contributed by atoms with Crippen molar-refractivity contribution in [1.82, 2.24) is 0 Å². The van der Waals surface area contributed by atoms with Gasteiger partial charge in [-0.2, -0.15) is 0 Å². The molecule has 1 aliphatic rings. The lowest BCUT2D eigenvalue weighted by molar-refractivity contribution is 0.600. The number of allylic oxidation sites excluding steroid dienone is 4. The lowest BCUT2D eigenvalue weighted by Gasteiger charge is -2.27. The topological polar surface area (TPSA) is 12.0 Å². The first kappa shape index (κ1) is 16.4. The molecule has 0 aliphatic heterocycles. The van der Waals surface area contributed by atoms with Crippen molar-refractivity contribution < 1.29 is 0 Å². The fourth-order valence-corrected chi connectivity index (χ4v) is 3.42. The van der Waals surface area contributed by atoms with Crippen LogP contribution in [0.2, 0.25) is 0 Å². The first-order valence-electron chi connectivity index (χ1n) is 9.10. The van der Waals surface area contributed by atoms with Crippen molar-refractivity contribution in [3.05, 3.63) is 109 Å². The van der Waals surface area contributed by atoms with Crippen molar-refractivity contribution in [3.63, 3.8) is 0 Å². The van der Waals surface area contributed by atoms with Gasteiger partial charge in [0.15, 0.2) is 0 Å². The van der Waals surface area contributed by atoms with Gasteiger partial charge in [0, 0.05) is 16.8 Å². The third-order valence-electron chi connectivity index (χ3n) is 5.08. The molecule has 1 aliphatic carbocycles. The maximum atomic E-state index is 3.49. The molecule has 0 radical (unpaired) electrons. The first-order chi connectivity index (χ1) is 12.7. The summed E-state index contributed by atoms with van der Waals surface area (Å²) in [7, 11) is 0. The van der Waals surface area contributed by atoms with E-state index in [4.69, 9.17) is 0 Å². The summed E-state index contributed by atoms with van der Waals surface area (Å²) in [4.78, 5) is 0. The van der Waals surface area contributed by atoms with Gasteiger partial charge in [-0.25, -0.2) is 0 Å². The molecule has 4 rings (SSSR count). The number of hydrogen-bond acceptors (Lipinski definition) is 1. The van der Waals surface area contributed by atoms with Gasteiger partial charge in [-0.05, 0) is 47.4 Å². The lowest BCUT2D eigenvalue weighted by atomic mass is 9.77. The highest BCUT2D eigenvalue weighted by Gasteiger charge is 2.22. The van der Waals surface area contributed by atoms with Gasteiger partial charge < -0.3 is 5.32 Å². The molecule has 1 atom stereocenters. The van der Waals surface area contributed by atoms with Crippen molar-refractivity contribution in [3.8, 4) is 11.1 Å². The molecule has 0 amide bonds. The summed E-state index contributed by atoms with van der Waals surface area (Å²) >= 11 is 0. The second kappa shape index (κ2) is 7.05. The summed E-state index contributed by atoms with van der Waals surface area (Å²) in [5, 5.41) is 3.49. The van der Waals surface area contributed by atoms with Crippen LogP contribution in [0.15, 0.2) is 103 Å². The molecular weight excluding hydrogens is 314 g/mol. The largest absolute Gasteiger partial charge is 0.356 e. The van der Waals surface area contributed by atoms with Crippen LogP contribution in [0, 0.1) is 0 Å². The third kappa shape index (κ3) is 3.48. The molecule has 0 aromatic heterocycles. The summed E-state index contributed by atoms with van der Waals surface area (Å²) < 4.78 is 0. The van der Waals surface area contributed by atoms with Crippen molar-refractivity contribution in [2.75, 3.05) is 5.32 Å². The van der Waals surface area contributed by atoms with Crippen LogP contribution in [0.4, 0.5) is 11.4 Å². The second-order valence-corrected chi connectivity index (χ2v) is 7.05. The highest BCUT2D eigenvalue weighted by Crippen LogP contribution is 2.33. The normalized spacial score (nSPS) is 18.7. The molecule has 0 bridgehead atoms. The molecule has 0 saturated carbocycles. The Bertz CT molecular complexity index is 918. The predicted octanol–water partition coefficient (Wildman–Crippen LogP) is 6.87. The highest BCUT2D eigenvalue weighted by molar-refractivity contribution is 5.68. The van der Waals surface area contributed by atoms with Crippen molar-refractivity contribution in [1.29, 1.82) is 0 Å². The average Bonchev–Trinajstić information content (AvgIpc) is 2.70. The maximum Gasteiger partial charge on any atom is 0.0384 e. The average molecular weight is 337 g/mol. The van der Waals surface area contributed by atoms with Gasteiger partial charge >= 0.3 is 0 Å². The SMILES string of the molecule is CC1(c2ccc(Nc3ccc(-c4ccccc4)cc3)cc2)C=CC=CC1.